The zero-order valence-electron chi connectivity index (χ0n) is 9.30. The summed E-state index contributed by atoms with van der Waals surface area (Å²) in [6, 6.07) is 0. The monoisotopic (exact) mass is 260 g/mol. The van der Waals surface area contributed by atoms with Crippen LogP contribution in [-0.2, 0) is 9.53 Å². The molecule has 0 amide bonds. The Kier molecular flexibility index (Phi) is 4.22. The van der Waals surface area contributed by atoms with E-state index < -0.39 is 11.4 Å². The van der Waals surface area contributed by atoms with E-state index >= 15 is 0 Å². The van der Waals surface area contributed by atoms with Crippen LogP contribution in [0.3, 0.4) is 0 Å². The number of allylic oxidation sites excluding steroid dienone is 3. The summed E-state index contributed by atoms with van der Waals surface area (Å²) in [5.74, 6) is -0.447. The van der Waals surface area contributed by atoms with Gasteiger partial charge in [-0.05, 0) is 18.6 Å². The molecule has 2 unspecified atom stereocenters. The van der Waals surface area contributed by atoms with E-state index in [4.69, 9.17) is 27.9 Å². The Hall–Kier alpha value is -0.730. The molecule has 0 saturated heterocycles. The van der Waals surface area contributed by atoms with Gasteiger partial charge < -0.3 is 4.74 Å². The molecule has 1 aliphatic rings. The van der Waals surface area contributed by atoms with Gasteiger partial charge in [-0.3, -0.25) is 0 Å². The van der Waals surface area contributed by atoms with Gasteiger partial charge in [0.25, 0.3) is 0 Å². The molecule has 0 saturated carbocycles. The normalized spacial score (nSPS) is 29.1. The standard InChI is InChI=1S/C12H14Cl2O2/c1-4-11(15)16-7-12(3)6-8(2)9(13)5-10(12)14/h4-6,10H,1,7H2,2-3H3. The highest BCUT2D eigenvalue weighted by Gasteiger charge is 2.34. The first-order chi connectivity index (χ1) is 7.39. The van der Waals surface area contributed by atoms with Crippen molar-refractivity contribution in [3.05, 3.63) is 35.4 Å². The van der Waals surface area contributed by atoms with Gasteiger partial charge >= 0.3 is 5.97 Å². The van der Waals surface area contributed by atoms with Crippen LogP contribution in [0.4, 0.5) is 0 Å². The van der Waals surface area contributed by atoms with Gasteiger partial charge in [0.05, 0.1) is 5.38 Å². The molecule has 0 aromatic carbocycles. The third-order valence-corrected chi connectivity index (χ3v) is 3.59. The van der Waals surface area contributed by atoms with Crippen molar-refractivity contribution in [2.75, 3.05) is 6.61 Å². The first-order valence-electron chi connectivity index (χ1n) is 4.89. The van der Waals surface area contributed by atoms with Crippen molar-refractivity contribution in [2.24, 2.45) is 5.41 Å². The van der Waals surface area contributed by atoms with E-state index in [2.05, 4.69) is 6.58 Å². The molecule has 0 aromatic heterocycles. The second kappa shape index (κ2) is 5.07. The molecule has 2 nitrogen and oxygen atoms in total. The van der Waals surface area contributed by atoms with Crippen molar-refractivity contribution in [2.45, 2.75) is 19.2 Å². The van der Waals surface area contributed by atoms with Gasteiger partial charge in [0.1, 0.15) is 6.61 Å². The van der Waals surface area contributed by atoms with Crippen LogP contribution < -0.4 is 0 Å². The highest BCUT2D eigenvalue weighted by molar-refractivity contribution is 6.33. The number of esters is 1. The summed E-state index contributed by atoms with van der Waals surface area (Å²) in [4.78, 5) is 11.0. The Morgan fingerprint density at radius 1 is 1.75 bits per heavy atom. The summed E-state index contributed by atoms with van der Waals surface area (Å²) >= 11 is 12.2. The first kappa shape index (κ1) is 13.3. The van der Waals surface area contributed by atoms with Crippen molar-refractivity contribution < 1.29 is 9.53 Å². The van der Waals surface area contributed by atoms with Crippen LogP contribution in [0.25, 0.3) is 0 Å². The maximum absolute atomic E-state index is 11.0. The Morgan fingerprint density at radius 3 is 2.94 bits per heavy atom. The predicted octanol–water partition coefficient (Wildman–Crippen LogP) is 3.41. The molecule has 0 radical (unpaired) electrons. The average Bonchev–Trinajstić information content (AvgIpc) is 2.23. The molecular weight excluding hydrogens is 247 g/mol. The molecule has 0 fully saturated rings. The fourth-order valence-electron chi connectivity index (χ4n) is 1.50. The molecule has 88 valence electrons. The van der Waals surface area contributed by atoms with E-state index in [1.165, 1.54) is 0 Å². The highest BCUT2D eigenvalue weighted by atomic mass is 35.5. The molecule has 0 aliphatic heterocycles. The minimum Gasteiger partial charge on any atom is -0.462 e. The Balaban J connectivity index is 2.78. The lowest BCUT2D eigenvalue weighted by atomic mass is 9.82. The number of carbonyl (C=O) groups excluding carboxylic acids is 1. The molecule has 1 rings (SSSR count). The predicted molar refractivity (Wildman–Crippen MR) is 66.6 cm³/mol. The van der Waals surface area contributed by atoms with E-state index in [1.54, 1.807) is 6.08 Å². The number of carbonyl (C=O) groups is 1. The maximum atomic E-state index is 11.0. The van der Waals surface area contributed by atoms with Crippen LogP contribution in [0.5, 0.6) is 0 Å². The molecule has 0 bridgehead atoms. The Morgan fingerprint density at radius 2 is 2.38 bits per heavy atom. The van der Waals surface area contributed by atoms with Crippen molar-refractivity contribution in [3.63, 3.8) is 0 Å². The van der Waals surface area contributed by atoms with Crippen LogP contribution in [0.15, 0.2) is 35.4 Å². The number of rotatable bonds is 3. The summed E-state index contributed by atoms with van der Waals surface area (Å²) in [5.41, 5.74) is 0.513. The molecule has 2 atom stereocenters. The summed E-state index contributed by atoms with van der Waals surface area (Å²) < 4.78 is 5.03. The third kappa shape index (κ3) is 2.89. The molecule has 0 heterocycles. The third-order valence-electron chi connectivity index (χ3n) is 2.54. The quantitative estimate of drug-likeness (QED) is 0.442. The fourth-order valence-corrected chi connectivity index (χ4v) is 2.00. The second-order valence-corrected chi connectivity index (χ2v) is 4.94. The Bertz CT molecular complexity index is 371. The number of ether oxygens (including phenoxy) is 1. The minimum atomic E-state index is -0.447. The number of halogens is 2. The molecule has 1 aliphatic carbocycles. The molecule has 0 spiro atoms. The number of hydrogen-bond acceptors (Lipinski definition) is 2. The number of alkyl halides is 1. The molecule has 0 aromatic rings. The van der Waals surface area contributed by atoms with Gasteiger partial charge in [0, 0.05) is 16.5 Å². The second-order valence-electron chi connectivity index (χ2n) is 4.06. The maximum Gasteiger partial charge on any atom is 0.330 e. The van der Waals surface area contributed by atoms with Crippen molar-refractivity contribution >= 4 is 29.2 Å². The van der Waals surface area contributed by atoms with Crippen molar-refractivity contribution in [1.82, 2.24) is 0 Å². The lowest BCUT2D eigenvalue weighted by Crippen LogP contribution is -2.33. The van der Waals surface area contributed by atoms with Crippen molar-refractivity contribution in [3.8, 4) is 0 Å². The van der Waals surface area contributed by atoms with Gasteiger partial charge in [-0.1, -0.05) is 31.2 Å². The van der Waals surface area contributed by atoms with E-state index in [-0.39, 0.29) is 12.0 Å². The number of hydrogen-bond donors (Lipinski definition) is 0. The van der Waals surface area contributed by atoms with E-state index in [0.29, 0.717) is 5.03 Å². The molecule has 4 heteroatoms. The SMILES string of the molecule is C=CC(=O)OCC1(C)C=C(C)C(Cl)=CC1Cl. The molecule has 16 heavy (non-hydrogen) atoms. The van der Waals surface area contributed by atoms with Crippen LogP contribution in [0.1, 0.15) is 13.8 Å². The summed E-state index contributed by atoms with van der Waals surface area (Å²) in [7, 11) is 0. The van der Waals surface area contributed by atoms with Crippen LogP contribution in [0.2, 0.25) is 0 Å². The van der Waals surface area contributed by atoms with Gasteiger partial charge in [0.2, 0.25) is 0 Å². The van der Waals surface area contributed by atoms with Crippen LogP contribution in [0, 0.1) is 5.41 Å². The fraction of sp³-hybridized carbons (Fsp3) is 0.417. The van der Waals surface area contributed by atoms with Crippen molar-refractivity contribution in [1.29, 1.82) is 0 Å². The van der Waals surface area contributed by atoms with Gasteiger partial charge in [-0.25, -0.2) is 4.79 Å². The van der Waals surface area contributed by atoms with E-state index in [1.807, 2.05) is 19.9 Å². The zero-order chi connectivity index (χ0) is 12.3. The van der Waals surface area contributed by atoms with Crippen LogP contribution >= 0.6 is 23.2 Å². The van der Waals surface area contributed by atoms with E-state index in [9.17, 15) is 4.79 Å². The smallest absolute Gasteiger partial charge is 0.330 e. The first-order valence-corrected chi connectivity index (χ1v) is 5.71. The molecular formula is C12H14Cl2O2. The van der Waals surface area contributed by atoms with Crippen LogP contribution in [-0.4, -0.2) is 18.0 Å². The van der Waals surface area contributed by atoms with Gasteiger partial charge in [0.15, 0.2) is 0 Å². The minimum absolute atomic E-state index is 0.212. The molecule has 0 N–H and O–H groups in total. The Labute approximate surface area is 106 Å². The van der Waals surface area contributed by atoms with Gasteiger partial charge in [-0.2, -0.15) is 0 Å². The topological polar surface area (TPSA) is 26.3 Å². The largest absolute Gasteiger partial charge is 0.462 e. The summed E-state index contributed by atoms with van der Waals surface area (Å²) in [6.07, 6.45) is 4.83. The zero-order valence-corrected chi connectivity index (χ0v) is 10.8. The lowest BCUT2D eigenvalue weighted by molar-refractivity contribution is -0.140. The summed E-state index contributed by atoms with van der Waals surface area (Å²) in [5, 5.41) is 0.355. The van der Waals surface area contributed by atoms with E-state index in [0.717, 1.165) is 11.6 Å². The van der Waals surface area contributed by atoms with Gasteiger partial charge in [-0.15, -0.1) is 11.6 Å². The lowest BCUT2D eigenvalue weighted by Gasteiger charge is -2.32. The average molecular weight is 261 g/mol. The summed E-state index contributed by atoms with van der Waals surface area (Å²) in [6.45, 7) is 7.37. The highest BCUT2D eigenvalue weighted by Crippen LogP contribution is 2.38.